The molecule has 0 saturated carbocycles. The average molecular weight is 568 g/mol. The minimum Gasteiger partial charge on any atom is -0.504 e. The van der Waals surface area contributed by atoms with Crippen LogP contribution >= 0.6 is 0 Å². The molecule has 0 amide bonds. The van der Waals surface area contributed by atoms with Crippen molar-refractivity contribution in [2.24, 2.45) is 0 Å². The topological polar surface area (TPSA) is 183 Å². The van der Waals surface area contributed by atoms with E-state index < -0.39 is 53.3 Å². The molecule has 1 unspecified atom stereocenters. The number of likely N-dealkylation sites (tertiary alicyclic amines) is 1. The summed E-state index contributed by atoms with van der Waals surface area (Å²) in [7, 11) is 1.93. The lowest BCUT2D eigenvalue weighted by atomic mass is 9.50. The molecule has 0 aromatic heterocycles. The summed E-state index contributed by atoms with van der Waals surface area (Å²) < 4.78 is 16.5. The van der Waals surface area contributed by atoms with Gasteiger partial charge in [-0.25, -0.2) is 14.4 Å². The van der Waals surface area contributed by atoms with Crippen LogP contribution in [0.4, 0.5) is 0 Å². The normalized spacial score (nSPS) is 29.7. The number of carbonyl (C=O) groups excluding carboxylic acids is 2. The van der Waals surface area contributed by atoms with Crippen LogP contribution in [-0.4, -0.2) is 91.9 Å². The van der Waals surface area contributed by atoms with Gasteiger partial charge in [0.1, 0.15) is 5.76 Å². The Hall–Kier alpha value is -3.97. The molecule has 6 rings (SSSR count). The molecule has 12 heteroatoms. The number of esters is 2. The first-order valence-electron chi connectivity index (χ1n) is 13.2. The largest absolute Gasteiger partial charge is 0.504 e. The van der Waals surface area contributed by atoms with E-state index in [0.29, 0.717) is 24.9 Å². The van der Waals surface area contributed by atoms with Gasteiger partial charge in [0.2, 0.25) is 6.10 Å². The van der Waals surface area contributed by atoms with E-state index in [9.17, 15) is 39.9 Å². The number of aliphatic hydroxyl groups is 3. The molecule has 1 fully saturated rings. The first-order valence-corrected chi connectivity index (χ1v) is 13.2. The average Bonchev–Trinajstić information content (AvgIpc) is 3.32. The molecule has 2 aromatic rings. The minimum atomic E-state index is -2.45. The number of likely N-dealkylation sites (N-methyl/N-ethyl adjacent to an activating group) is 1. The van der Waals surface area contributed by atoms with Gasteiger partial charge in [-0.05, 0) is 44.1 Å². The van der Waals surface area contributed by atoms with Crippen molar-refractivity contribution < 1.29 is 54.1 Å². The zero-order valence-corrected chi connectivity index (χ0v) is 22.0. The van der Waals surface area contributed by atoms with E-state index in [1.807, 2.05) is 7.05 Å². The van der Waals surface area contributed by atoms with E-state index in [4.69, 9.17) is 14.2 Å². The number of carboxylic acids is 1. The maximum Gasteiger partial charge on any atom is 0.349 e. The van der Waals surface area contributed by atoms with Gasteiger partial charge in [-0.2, -0.15) is 0 Å². The standard InChI is InChI=1S/C29H29NO11/c1-30-12-11-28-19-15-7-8-16(31)23(19)40-24(28)17(9-10-29(28,38)18(30)13-15)39-26(36)20(32)21(33)27(37)41-22(25(34)35)14-5-3-2-4-6-14/h2-9,18,20-22,24,31-33,38H,10-13H2,1H3,(H,34,35)/t18-,20+,21+,22?,24+,28+,29-/m0/s1. The Morgan fingerprint density at radius 3 is 2.49 bits per heavy atom. The summed E-state index contributed by atoms with van der Waals surface area (Å²) in [5.74, 6) is -4.43. The fraction of sp³-hybridized carbons (Fsp3) is 0.414. The summed E-state index contributed by atoms with van der Waals surface area (Å²) in [4.78, 5) is 39.2. The Kier molecular flexibility index (Phi) is 6.34. The maximum atomic E-state index is 13.0. The molecule has 2 bridgehead atoms. The third-order valence-electron chi connectivity index (χ3n) is 8.91. The van der Waals surface area contributed by atoms with Gasteiger partial charge in [-0.15, -0.1) is 0 Å². The Labute approximate surface area is 234 Å². The van der Waals surface area contributed by atoms with E-state index in [1.165, 1.54) is 36.4 Å². The molecule has 4 aliphatic rings. The summed E-state index contributed by atoms with van der Waals surface area (Å²) in [6, 6.07) is 10.5. The highest BCUT2D eigenvalue weighted by Gasteiger charge is 2.72. The molecule has 2 aliphatic heterocycles. The molecular weight excluding hydrogens is 538 g/mol. The van der Waals surface area contributed by atoms with Crippen LogP contribution in [0.3, 0.4) is 0 Å². The Balaban J connectivity index is 1.24. The van der Waals surface area contributed by atoms with Crippen molar-refractivity contribution in [2.45, 2.75) is 60.7 Å². The number of benzene rings is 2. The summed E-state index contributed by atoms with van der Waals surface area (Å²) in [5.41, 5.74) is -0.679. The number of nitrogens with zero attached hydrogens (tertiary/aromatic N) is 1. The van der Waals surface area contributed by atoms with Gasteiger partial charge in [-0.1, -0.05) is 36.4 Å². The Morgan fingerprint density at radius 2 is 1.78 bits per heavy atom. The quantitative estimate of drug-likeness (QED) is 0.289. The summed E-state index contributed by atoms with van der Waals surface area (Å²) in [6.45, 7) is 0.599. The van der Waals surface area contributed by atoms with Crippen molar-refractivity contribution in [1.29, 1.82) is 0 Å². The summed E-state index contributed by atoms with van der Waals surface area (Å²) in [5, 5.41) is 53.1. The number of rotatable bonds is 7. The molecule has 5 N–H and O–H groups in total. The van der Waals surface area contributed by atoms with Crippen molar-refractivity contribution in [2.75, 3.05) is 13.6 Å². The number of aliphatic hydroxyl groups excluding tert-OH is 2. The molecule has 41 heavy (non-hydrogen) atoms. The molecular formula is C29H29NO11. The van der Waals surface area contributed by atoms with Crippen LogP contribution in [0, 0.1) is 0 Å². The molecule has 1 spiro atoms. The molecule has 1 saturated heterocycles. The number of hydrogen-bond donors (Lipinski definition) is 5. The fourth-order valence-electron chi connectivity index (χ4n) is 6.95. The van der Waals surface area contributed by atoms with Gasteiger partial charge >= 0.3 is 17.9 Å². The van der Waals surface area contributed by atoms with Gasteiger partial charge in [0.15, 0.2) is 29.8 Å². The van der Waals surface area contributed by atoms with E-state index >= 15 is 0 Å². The number of phenols is 1. The molecule has 2 aliphatic carbocycles. The van der Waals surface area contributed by atoms with Crippen molar-refractivity contribution in [3.63, 3.8) is 0 Å². The molecule has 216 valence electrons. The van der Waals surface area contributed by atoms with Crippen LogP contribution in [0.5, 0.6) is 11.5 Å². The second-order valence-electron chi connectivity index (χ2n) is 11.0. The van der Waals surface area contributed by atoms with Crippen LogP contribution in [0.2, 0.25) is 0 Å². The third-order valence-corrected chi connectivity index (χ3v) is 8.91. The van der Waals surface area contributed by atoms with Gasteiger partial charge in [0.25, 0.3) is 0 Å². The maximum absolute atomic E-state index is 13.0. The molecule has 12 nitrogen and oxygen atoms in total. The van der Waals surface area contributed by atoms with Crippen molar-refractivity contribution in [3.05, 3.63) is 71.0 Å². The van der Waals surface area contributed by atoms with Crippen molar-refractivity contribution in [1.82, 2.24) is 4.90 Å². The predicted octanol–water partition coefficient (Wildman–Crippen LogP) is 0.304. The number of phenolic OH excluding ortho intramolecular Hbond substituents is 1. The van der Waals surface area contributed by atoms with Gasteiger partial charge in [0.05, 0.1) is 11.0 Å². The third kappa shape index (κ3) is 3.86. The van der Waals surface area contributed by atoms with Gasteiger partial charge in [-0.3, -0.25) is 0 Å². The van der Waals surface area contributed by atoms with Crippen LogP contribution in [0.25, 0.3) is 0 Å². The lowest BCUT2D eigenvalue weighted by Crippen LogP contribution is -2.74. The zero-order valence-electron chi connectivity index (χ0n) is 22.0. The van der Waals surface area contributed by atoms with Gasteiger partial charge < -0.3 is 44.6 Å². The van der Waals surface area contributed by atoms with Crippen LogP contribution in [0.15, 0.2) is 54.3 Å². The Bertz CT molecular complexity index is 1460. The highest BCUT2D eigenvalue weighted by molar-refractivity contribution is 5.87. The van der Waals surface area contributed by atoms with Crippen LogP contribution < -0.4 is 4.74 Å². The SMILES string of the molecule is CN1CC[C@@]23c4c5ccc(O)c4O[C@@H]2C(OC(=O)[C@H](O)[C@@H](O)C(=O)OC(C(=O)O)c2ccccc2)=CC[C@]3(O)[C@@H]1C5. The molecule has 7 atom stereocenters. The fourth-order valence-corrected chi connectivity index (χ4v) is 6.95. The number of carbonyl (C=O) groups is 3. The highest BCUT2D eigenvalue weighted by atomic mass is 16.6. The molecule has 2 aromatic carbocycles. The number of ether oxygens (including phenoxy) is 3. The number of hydrogen-bond acceptors (Lipinski definition) is 11. The van der Waals surface area contributed by atoms with E-state index in [2.05, 4.69) is 4.90 Å². The molecule has 0 radical (unpaired) electrons. The lowest BCUT2D eigenvalue weighted by molar-refractivity contribution is -0.183. The number of piperidine rings is 1. The number of carboxylic acid groups (broad SMARTS) is 1. The second kappa shape index (κ2) is 9.55. The predicted molar refractivity (Wildman–Crippen MR) is 138 cm³/mol. The summed E-state index contributed by atoms with van der Waals surface area (Å²) in [6.07, 6.45) is -5.17. The van der Waals surface area contributed by atoms with E-state index in [1.54, 1.807) is 12.1 Å². The van der Waals surface area contributed by atoms with Crippen LogP contribution in [-0.2, 0) is 35.7 Å². The zero-order chi connectivity index (χ0) is 29.3. The van der Waals surface area contributed by atoms with Crippen LogP contribution in [0.1, 0.15) is 35.6 Å². The highest BCUT2D eigenvalue weighted by Crippen LogP contribution is 2.65. The smallest absolute Gasteiger partial charge is 0.349 e. The van der Waals surface area contributed by atoms with Crippen molar-refractivity contribution >= 4 is 17.9 Å². The summed E-state index contributed by atoms with van der Waals surface area (Å²) >= 11 is 0. The number of aliphatic carboxylic acids is 1. The first kappa shape index (κ1) is 27.2. The van der Waals surface area contributed by atoms with E-state index in [-0.39, 0.29) is 35.3 Å². The second-order valence-corrected chi connectivity index (χ2v) is 11.0. The van der Waals surface area contributed by atoms with E-state index in [0.717, 1.165) is 5.56 Å². The monoisotopic (exact) mass is 567 g/mol. The van der Waals surface area contributed by atoms with Crippen molar-refractivity contribution in [3.8, 4) is 11.5 Å². The lowest BCUT2D eigenvalue weighted by Gasteiger charge is -2.61. The minimum absolute atomic E-state index is 0.0428. The number of aromatic hydroxyl groups is 1. The Morgan fingerprint density at radius 1 is 1.07 bits per heavy atom. The van der Waals surface area contributed by atoms with Gasteiger partial charge in [0, 0.05) is 23.6 Å². The first-order chi connectivity index (χ1) is 19.5. The molecule has 2 heterocycles.